The Kier molecular flexibility index (Phi) is 5.90. The Labute approximate surface area is 108 Å². The Morgan fingerprint density at radius 1 is 1.06 bits per heavy atom. The highest BCUT2D eigenvalue weighted by molar-refractivity contribution is 7.39. The minimum atomic E-state index is -2.58. The molecular formula is C11H20O6P+. The molecule has 7 heteroatoms. The third-order valence-corrected chi connectivity index (χ3v) is 2.17. The van der Waals surface area contributed by atoms with Crippen LogP contribution < -0.4 is 0 Å². The van der Waals surface area contributed by atoms with Crippen LogP contribution in [0.4, 0.5) is 0 Å². The number of esters is 2. The van der Waals surface area contributed by atoms with Gasteiger partial charge in [-0.05, 0) is 39.2 Å². The summed E-state index contributed by atoms with van der Waals surface area (Å²) in [7, 11) is -2.58. The van der Waals surface area contributed by atoms with E-state index in [-0.39, 0.29) is 6.42 Å². The van der Waals surface area contributed by atoms with Crippen LogP contribution in [0.5, 0.6) is 0 Å². The first-order chi connectivity index (χ1) is 7.91. The van der Waals surface area contributed by atoms with E-state index < -0.39 is 37.3 Å². The number of carbonyl (C=O) groups excluding carboxylic acids is 2. The van der Waals surface area contributed by atoms with Crippen molar-refractivity contribution >= 4 is 20.0 Å². The van der Waals surface area contributed by atoms with Crippen molar-refractivity contribution in [1.82, 2.24) is 0 Å². The number of carbonyl (C=O) groups is 2. The van der Waals surface area contributed by atoms with E-state index in [2.05, 4.69) is 0 Å². The van der Waals surface area contributed by atoms with Crippen molar-refractivity contribution in [3.8, 4) is 0 Å². The highest BCUT2D eigenvalue weighted by atomic mass is 31.1. The van der Waals surface area contributed by atoms with Gasteiger partial charge in [0.25, 0.3) is 6.16 Å². The lowest BCUT2D eigenvalue weighted by atomic mass is 10.1. The summed E-state index contributed by atoms with van der Waals surface area (Å²) in [5.41, 5.74) is -1.67. The van der Waals surface area contributed by atoms with E-state index in [9.17, 15) is 14.2 Å². The van der Waals surface area contributed by atoms with Gasteiger partial charge in [-0.25, -0.2) is 4.79 Å². The van der Waals surface area contributed by atoms with Crippen molar-refractivity contribution in [1.29, 1.82) is 0 Å². The Balaban J connectivity index is 4.34. The van der Waals surface area contributed by atoms with Gasteiger partial charge in [-0.15, -0.1) is 0 Å². The van der Waals surface area contributed by atoms with Gasteiger partial charge in [0.2, 0.25) is 0 Å². The lowest BCUT2D eigenvalue weighted by molar-refractivity contribution is -0.166. The van der Waals surface area contributed by atoms with Crippen LogP contribution >= 0.6 is 8.03 Å². The molecule has 6 nitrogen and oxygen atoms in total. The number of hydrogen-bond acceptors (Lipinski definition) is 5. The highest BCUT2D eigenvalue weighted by Gasteiger charge is 2.31. The molecule has 0 aromatic heterocycles. The van der Waals surface area contributed by atoms with Gasteiger partial charge in [0.05, 0.1) is 6.42 Å². The molecule has 0 rings (SSSR count). The third-order valence-electron chi connectivity index (χ3n) is 1.64. The first-order valence-electron chi connectivity index (χ1n) is 5.48. The molecule has 0 amide bonds. The largest absolute Gasteiger partial charge is 0.517 e. The van der Waals surface area contributed by atoms with Gasteiger partial charge in [-0.1, -0.05) is 0 Å². The summed E-state index contributed by atoms with van der Waals surface area (Å²) in [6, 6.07) is 0. The maximum atomic E-state index is 11.6. The van der Waals surface area contributed by atoms with E-state index in [0.717, 1.165) is 0 Å². The van der Waals surface area contributed by atoms with E-state index in [0.29, 0.717) is 0 Å². The van der Waals surface area contributed by atoms with Crippen molar-refractivity contribution in [3.05, 3.63) is 0 Å². The van der Waals surface area contributed by atoms with Crippen LogP contribution in [0.1, 0.15) is 41.0 Å². The quantitative estimate of drug-likeness (QED) is 0.609. The summed E-state index contributed by atoms with van der Waals surface area (Å²) in [6.07, 6.45) is -0.689. The Hall–Kier alpha value is -1.00. The predicted octanol–water partition coefficient (Wildman–Crippen LogP) is 1.77. The van der Waals surface area contributed by atoms with Crippen molar-refractivity contribution in [2.45, 2.75) is 52.2 Å². The predicted molar refractivity (Wildman–Crippen MR) is 65.3 cm³/mol. The second-order valence-corrected chi connectivity index (χ2v) is 6.53. The minimum Gasteiger partial charge on any atom is -0.460 e. The van der Waals surface area contributed by atoms with Crippen LogP contribution in [0.15, 0.2) is 0 Å². The topological polar surface area (TPSA) is 89.9 Å². The molecular weight excluding hydrogens is 259 g/mol. The standard InChI is InChI=1S/C11H19O6P/c1-10(2,3)16-8(12)6-11(4,5)17-9(13)7-18(14)15/h6-7H2,1-5H3/p+1. The molecule has 0 aromatic rings. The number of ether oxygens (including phenoxy) is 2. The van der Waals surface area contributed by atoms with Gasteiger partial charge in [0, 0.05) is 0 Å². The van der Waals surface area contributed by atoms with Gasteiger partial charge in [-0.2, -0.15) is 4.89 Å². The monoisotopic (exact) mass is 279 g/mol. The van der Waals surface area contributed by atoms with Crippen molar-refractivity contribution in [2.24, 2.45) is 0 Å². The van der Waals surface area contributed by atoms with E-state index >= 15 is 0 Å². The van der Waals surface area contributed by atoms with Gasteiger partial charge >= 0.3 is 20.0 Å². The van der Waals surface area contributed by atoms with E-state index in [1.807, 2.05) is 0 Å². The van der Waals surface area contributed by atoms with Crippen LogP contribution in [-0.4, -0.2) is 34.2 Å². The summed E-state index contributed by atoms with van der Waals surface area (Å²) in [6.45, 7) is 8.29. The van der Waals surface area contributed by atoms with Gasteiger partial charge < -0.3 is 9.47 Å². The molecule has 0 fully saturated rings. The molecule has 0 saturated heterocycles. The molecule has 0 saturated carbocycles. The van der Waals surface area contributed by atoms with Crippen LogP contribution in [0, 0.1) is 0 Å². The average molecular weight is 279 g/mol. The zero-order valence-electron chi connectivity index (χ0n) is 11.3. The van der Waals surface area contributed by atoms with Gasteiger partial charge in [0.15, 0.2) is 0 Å². The molecule has 1 unspecified atom stereocenters. The molecule has 0 aliphatic heterocycles. The fourth-order valence-electron chi connectivity index (χ4n) is 1.21. The normalized spacial score (nSPS) is 12.9. The summed E-state index contributed by atoms with van der Waals surface area (Å²) < 4.78 is 20.5. The molecule has 0 aliphatic rings. The zero-order valence-corrected chi connectivity index (χ0v) is 12.2. The van der Waals surface area contributed by atoms with E-state index in [1.165, 1.54) is 0 Å². The molecule has 0 heterocycles. The number of rotatable bonds is 5. The van der Waals surface area contributed by atoms with Gasteiger partial charge in [-0.3, -0.25) is 4.79 Å². The summed E-state index contributed by atoms with van der Waals surface area (Å²) in [5, 5.41) is 0. The molecule has 104 valence electrons. The Morgan fingerprint density at radius 2 is 1.56 bits per heavy atom. The van der Waals surface area contributed by atoms with Crippen LogP contribution in [0.25, 0.3) is 0 Å². The van der Waals surface area contributed by atoms with Crippen LogP contribution in [0.2, 0.25) is 0 Å². The first kappa shape index (κ1) is 17.0. The maximum Gasteiger partial charge on any atom is 0.517 e. The fourth-order valence-corrected chi connectivity index (χ4v) is 1.50. The molecule has 0 radical (unpaired) electrons. The second kappa shape index (κ2) is 6.25. The van der Waals surface area contributed by atoms with E-state index in [4.69, 9.17) is 14.4 Å². The summed E-state index contributed by atoms with van der Waals surface area (Å²) >= 11 is 0. The van der Waals surface area contributed by atoms with Crippen molar-refractivity contribution < 1.29 is 28.5 Å². The molecule has 0 aromatic carbocycles. The maximum absolute atomic E-state index is 11.6. The average Bonchev–Trinajstić information content (AvgIpc) is 1.92. The van der Waals surface area contributed by atoms with Gasteiger partial charge in [0.1, 0.15) is 11.2 Å². The lowest BCUT2D eigenvalue weighted by Gasteiger charge is -2.26. The first-order valence-corrected chi connectivity index (χ1v) is 6.88. The van der Waals surface area contributed by atoms with Crippen LogP contribution in [-0.2, 0) is 23.6 Å². The fraction of sp³-hybridized carbons (Fsp3) is 0.818. The smallest absolute Gasteiger partial charge is 0.460 e. The summed E-state index contributed by atoms with van der Waals surface area (Å²) in [5.74, 6) is -1.30. The summed E-state index contributed by atoms with van der Waals surface area (Å²) in [4.78, 5) is 31.3. The Bertz CT molecular complexity index is 342. The van der Waals surface area contributed by atoms with Crippen molar-refractivity contribution in [2.75, 3.05) is 6.16 Å². The third kappa shape index (κ3) is 9.07. The second-order valence-electron chi connectivity index (χ2n) is 5.51. The molecule has 18 heavy (non-hydrogen) atoms. The van der Waals surface area contributed by atoms with Crippen molar-refractivity contribution in [3.63, 3.8) is 0 Å². The molecule has 0 bridgehead atoms. The zero-order chi connectivity index (χ0) is 14.6. The lowest BCUT2D eigenvalue weighted by Crippen LogP contribution is -2.34. The Morgan fingerprint density at radius 3 is 1.94 bits per heavy atom. The molecule has 0 aliphatic carbocycles. The molecule has 1 N–H and O–H groups in total. The number of hydrogen-bond donors (Lipinski definition) is 1. The SMILES string of the molecule is CC(C)(C)OC(=O)CC(C)(C)OC(=O)C[P+](=O)O. The molecule has 1 atom stereocenters. The van der Waals surface area contributed by atoms with E-state index in [1.54, 1.807) is 34.6 Å². The minimum absolute atomic E-state index is 0.113. The van der Waals surface area contributed by atoms with Crippen LogP contribution in [0.3, 0.4) is 0 Å². The highest BCUT2D eigenvalue weighted by Crippen LogP contribution is 2.21. The molecule has 0 spiro atoms.